The summed E-state index contributed by atoms with van der Waals surface area (Å²) in [6, 6.07) is 3.66. The minimum Gasteiger partial charge on any atom is -0.394 e. The lowest BCUT2D eigenvalue weighted by Gasteiger charge is -2.14. The van der Waals surface area contributed by atoms with Gasteiger partial charge in [-0.15, -0.1) is 11.3 Å². The Kier molecular flexibility index (Phi) is 6.54. The van der Waals surface area contributed by atoms with E-state index in [4.69, 9.17) is 5.11 Å². The quantitative estimate of drug-likeness (QED) is 0.752. The summed E-state index contributed by atoms with van der Waals surface area (Å²) in [5.74, 6) is 0. The number of urea groups is 1. The van der Waals surface area contributed by atoms with Crippen molar-refractivity contribution in [3.8, 4) is 0 Å². The van der Waals surface area contributed by atoms with Crippen LogP contribution >= 0.6 is 27.3 Å². The van der Waals surface area contributed by atoms with Crippen molar-refractivity contribution in [1.29, 1.82) is 0 Å². The molecule has 6 heteroatoms. The maximum Gasteiger partial charge on any atom is 0.315 e. The van der Waals surface area contributed by atoms with Gasteiger partial charge in [-0.05, 0) is 40.9 Å². The summed E-state index contributed by atoms with van der Waals surface area (Å²) < 4.78 is 1.10. The molecule has 1 heterocycles. The predicted octanol–water partition coefficient (Wildman–Crippen LogP) is 2.12. The zero-order valence-corrected chi connectivity index (χ0v) is 12.1. The highest BCUT2D eigenvalue weighted by Crippen LogP contribution is 2.21. The normalized spacial score (nSPS) is 12.2. The van der Waals surface area contributed by atoms with E-state index in [1.807, 2.05) is 19.1 Å². The monoisotopic (exact) mass is 320 g/mol. The minimum atomic E-state index is -0.221. The standard InChI is InChI=1S/C11H17BrN2O2S/c1-2-8(7-15)14-11(16)13-6-5-9-3-4-10(12)17-9/h3-4,8,15H,2,5-7H2,1H3,(H2,13,14,16). The molecular weight excluding hydrogens is 304 g/mol. The lowest BCUT2D eigenvalue weighted by Crippen LogP contribution is -2.44. The smallest absolute Gasteiger partial charge is 0.315 e. The molecule has 96 valence electrons. The number of aliphatic hydroxyl groups is 1. The zero-order chi connectivity index (χ0) is 12.7. The lowest BCUT2D eigenvalue weighted by atomic mass is 10.2. The van der Waals surface area contributed by atoms with Crippen molar-refractivity contribution >= 4 is 33.3 Å². The number of nitrogens with one attached hydrogen (secondary N) is 2. The molecule has 0 aliphatic rings. The molecule has 1 aromatic heterocycles. The molecule has 0 aromatic carbocycles. The Morgan fingerprint density at radius 2 is 2.35 bits per heavy atom. The third-order valence-corrected chi connectivity index (χ3v) is 4.02. The van der Waals surface area contributed by atoms with E-state index in [-0.39, 0.29) is 18.7 Å². The van der Waals surface area contributed by atoms with Crippen molar-refractivity contribution in [2.45, 2.75) is 25.8 Å². The van der Waals surface area contributed by atoms with Crippen LogP contribution in [0, 0.1) is 0 Å². The second-order valence-corrected chi connectivity index (χ2v) is 6.19. The van der Waals surface area contributed by atoms with Crippen LogP contribution in [0.5, 0.6) is 0 Å². The van der Waals surface area contributed by atoms with Crippen LogP contribution in [0.25, 0.3) is 0 Å². The van der Waals surface area contributed by atoms with Crippen molar-refractivity contribution in [2.24, 2.45) is 0 Å². The molecule has 0 bridgehead atoms. The van der Waals surface area contributed by atoms with E-state index in [0.717, 1.165) is 16.6 Å². The van der Waals surface area contributed by atoms with Crippen molar-refractivity contribution in [1.82, 2.24) is 10.6 Å². The van der Waals surface area contributed by atoms with E-state index < -0.39 is 0 Å². The highest BCUT2D eigenvalue weighted by atomic mass is 79.9. The molecule has 0 radical (unpaired) electrons. The third-order valence-electron chi connectivity index (χ3n) is 2.33. The molecule has 1 rings (SSSR count). The van der Waals surface area contributed by atoms with Crippen LogP contribution in [0.1, 0.15) is 18.2 Å². The van der Waals surface area contributed by atoms with Crippen LogP contribution in [0.4, 0.5) is 4.79 Å². The number of hydrogen-bond donors (Lipinski definition) is 3. The van der Waals surface area contributed by atoms with Gasteiger partial charge in [0, 0.05) is 11.4 Å². The van der Waals surface area contributed by atoms with Crippen LogP contribution in [0.2, 0.25) is 0 Å². The molecule has 1 unspecified atom stereocenters. The van der Waals surface area contributed by atoms with Gasteiger partial charge >= 0.3 is 6.03 Å². The van der Waals surface area contributed by atoms with Gasteiger partial charge in [0.1, 0.15) is 0 Å². The van der Waals surface area contributed by atoms with E-state index in [9.17, 15) is 4.79 Å². The number of aliphatic hydroxyl groups excluding tert-OH is 1. The van der Waals surface area contributed by atoms with Gasteiger partial charge < -0.3 is 15.7 Å². The molecular formula is C11H17BrN2O2S. The number of rotatable bonds is 6. The summed E-state index contributed by atoms with van der Waals surface area (Å²) in [7, 11) is 0. The van der Waals surface area contributed by atoms with E-state index in [1.54, 1.807) is 11.3 Å². The maximum atomic E-state index is 11.4. The van der Waals surface area contributed by atoms with Gasteiger partial charge in [-0.3, -0.25) is 0 Å². The molecule has 3 N–H and O–H groups in total. The highest BCUT2D eigenvalue weighted by Gasteiger charge is 2.08. The summed E-state index contributed by atoms with van der Waals surface area (Å²) in [5.41, 5.74) is 0. The molecule has 0 saturated carbocycles. The fraction of sp³-hybridized carbons (Fsp3) is 0.545. The number of amides is 2. The van der Waals surface area contributed by atoms with Gasteiger partial charge in [-0.25, -0.2) is 4.79 Å². The van der Waals surface area contributed by atoms with Gasteiger partial charge in [0.05, 0.1) is 16.4 Å². The zero-order valence-electron chi connectivity index (χ0n) is 9.70. The Hall–Kier alpha value is -0.590. The molecule has 4 nitrogen and oxygen atoms in total. The molecule has 17 heavy (non-hydrogen) atoms. The second kappa shape index (κ2) is 7.68. The second-order valence-electron chi connectivity index (χ2n) is 3.64. The number of carbonyl (C=O) groups is 1. The Bertz CT molecular complexity index is 353. The fourth-order valence-electron chi connectivity index (χ4n) is 1.30. The van der Waals surface area contributed by atoms with Gasteiger partial charge in [-0.1, -0.05) is 6.92 Å². The molecule has 2 amide bonds. The summed E-state index contributed by atoms with van der Waals surface area (Å²) in [5, 5.41) is 14.4. The average Bonchev–Trinajstić information content (AvgIpc) is 2.72. The number of halogens is 1. The Labute approximate surface area is 114 Å². The Morgan fingerprint density at radius 1 is 1.59 bits per heavy atom. The van der Waals surface area contributed by atoms with Gasteiger partial charge in [0.2, 0.25) is 0 Å². The van der Waals surface area contributed by atoms with Crippen LogP contribution < -0.4 is 10.6 Å². The first kappa shape index (κ1) is 14.5. The highest BCUT2D eigenvalue weighted by molar-refractivity contribution is 9.11. The largest absolute Gasteiger partial charge is 0.394 e. The number of thiophene rings is 1. The Morgan fingerprint density at radius 3 is 2.88 bits per heavy atom. The molecule has 0 aliphatic carbocycles. The first-order valence-electron chi connectivity index (χ1n) is 5.55. The number of carbonyl (C=O) groups excluding carboxylic acids is 1. The SMILES string of the molecule is CCC(CO)NC(=O)NCCc1ccc(Br)s1. The maximum absolute atomic E-state index is 11.4. The molecule has 1 aromatic rings. The lowest BCUT2D eigenvalue weighted by molar-refractivity contribution is 0.214. The van der Waals surface area contributed by atoms with Gasteiger partial charge in [0.15, 0.2) is 0 Å². The van der Waals surface area contributed by atoms with E-state index in [1.165, 1.54) is 4.88 Å². The number of hydrogen-bond acceptors (Lipinski definition) is 3. The van der Waals surface area contributed by atoms with Crippen molar-refractivity contribution in [3.63, 3.8) is 0 Å². The van der Waals surface area contributed by atoms with Crippen molar-refractivity contribution in [3.05, 3.63) is 20.8 Å². The topological polar surface area (TPSA) is 61.4 Å². The summed E-state index contributed by atoms with van der Waals surface area (Å²) in [6.07, 6.45) is 1.54. The molecule has 0 saturated heterocycles. The van der Waals surface area contributed by atoms with Crippen LogP contribution in [-0.4, -0.2) is 30.3 Å². The molecule has 0 spiro atoms. The van der Waals surface area contributed by atoms with E-state index in [2.05, 4.69) is 26.6 Å². The van der Waals surface area contributed by atoms with Crippen LogP contribution in [-0.2, 0) is 6.42 Å². The molecule has 1 atom stereocenters. The van der Waals surface area contributed by atoms with Crippen molar-refractivity contribution < 1.29 is 9.90 Å². The fourth-order valence-corrected chi connectivity index (χ4v) is 2.78. The first-order valence-corrected chi connectivity index (χ1v) is 7.16. The molecule has 0 aliphatic heterocycles. The van der Waals surface area contributed by atoms with Crippen LogP contribution in [0.3, 0.4) is 0 Å². The van der Waals surface area contributed by atoms with Gasteiger partial charge in [-0.2, -0.15) is 0 Å². The van der Waals surface area contributed by atoms with Crippen LogP contribution in [0.15, 0.2) is 15.9 Å². The summed E-state index contributed by atoms with van der Waals surface area (Å²) >= 11 is 5.06. The minimum absolute atomic E-state index is 0.0260. The summed E-state index contributed by atoms with van der Waals surface area (Å²) in [4.78, 5) is 12.7. The summed E-state index contributed by atoms with van der Waals surface area (Å²) in [6.45, 7) is 2.49. The van der Waals surface area contributed by atoms with Crippen molar-refractivity contribution in [2.75, 3.05) is 13.2 Å². The average molecular weight is 321 g/mol. The van der Waals surface area contributed by atoms with E-state index >= 15 is 0 Å². The molecule has 0 fully saturated rings. The van der Waals surface area contributed by atoms with E-state index in [0.29, 0.717) is 6.54 Å². The Balaban J connectivity index is 2.20. The van der Waals surface area contributed by atoms with Gasteiger partial charge in [0.25, 0.3) is 0 Å². The predicted molar refractivity (Wildman–Crippen MR) is 73.4 cm³/mol. The first-order chi connectivity index (χ1) is 8.15. The third kappa shape index (κ3) is 5.52.